The molecule has 0 aromatic rings. The van der Waals surface area contributed by atoms with Crippen LogP contribution in [0.2, 0.25) is 0 Å². The Morgan fingerprint density at radius 1 is 1.19 bits per heavy atom. The first-order chi connectivity index (χ1) is 14.6. The van der Waals surface area contributed by atoms with Gasteiger partial charge in [0.25, 0.3) is 10.2 Å². The summed E-state index contributed by atoms with van der Waals surface area (Å²) in [6.45, 7) is 2.83. The van der Waals surface area contributed by atoms with Crippen LogP contribution in [0.5, 0.6) is 0 Å². The number of aliphatic carboxylic acids is 1. The van der Waals surface area contributed by atoms with Gasteiger partial charge in [-0.15, -0.1) is 0 Å². The Morgan fingerprint density at radius 3 is 2.48 bits per heavy atom. The van der Waals surface area contributed by atoms with Crippen molar-refractivity contribution in [2.24, 2.45) is 11.8 Å². The van der Waals surface area contributed by atoms with Gasteiger partial charge in [-0.2, -0.15) is 17.4 Å². The van der Waals surface area contributed by atoms with E-state index in [-0.39, 0.29) is 12.5 Å². The molecule has 11 nitrogen and oxygen atoms in total. The number of rotatable bonds is 10. The fourth-order valence-electron chi connectivity index (χ4n) is 3.95. The zero-order valence-corrected chi connectivity index (χ0v) is 19.1. The number of carbonyl (C=O) groups is 3. The van der Waals surface area contributed by atoms with E-state index in [1.807, 2.05) is 0 Å². The zero-order chi connectivity index (χ0) is 23.0. The number of amides is 2. The summed E-state index contributed by atoms with van der Waals surface area (Å²) in [7, 11) is -1.32. The Hall–Kier alpha value is -1.76. The molecule has 2 atom stereocenters. The summed E-state index contributed by atoms with van der Waals surface area (Å²) in [5.74, 6) is -1.62. The average Bonchev–Trinajstić information content (AvgIpc) is 2.72. The number of carboxylic acid groups (broad SMARTS) is 1. The summed E-state index contributed by atoms with van der Waals surface area (Å²) in [5, 5.41) is 14.9. The average molecular weight is 462 g/mol. The molecule has 0 unspecified atom stereocenters. The lowest BCUT2D eigenvalue weighted by atomic mass is 9.92. The molecule has 2 heterocycles. The van der Waals surface area contributed by atoms with E-state index in [9.17, 15) is 22.8 Å². The maximum atomic E-state index is 12.7. The molecule has 0 bridgehead atoms. The van der Waals surface area contributed by atoms with Gasteiger partial charge in [0.15, 0.2) is 0 Å². The third-order valence-corrected chi connectivity index (χ3v) is 7.38. The summed E-state index contributed by atoms with van der Waals surface area (Å²) in [4.78, 5) is 38.2. The van der Waals surface area contributed by atoms with Gasteiger partial charge in [0.2, 0.25) is 11.8 Å². The van der Waals surface area contributed by atoms with Crippen molar-refractivity contribution in [3.63, 3.8) is 0 Å². The van der Waals surface area contributed by atoms with Gasteiger partial charge < -0.3 is 20.6 Å². The second-order valence-electron chi connectivity index (χ2n) is 8.48. The van der Waals surface area contributed by atoms with Gasteiger partial charge in [-0.05, 0) is 51.1 Å². The maximum Gasteiger partial charge on any atom is 0.306 e. The number of hydrogen-bond acceptors (Lipinski definition) is 6. The van der Waals surface area contributed by atoms with Gasteiger partial charge in [0.05, 0.1) is 12.3 Å². The summed E-state index contributed by atoms with van der Waals surface area (Å²) in [6.07, 6.45) is 2.82. The highest BCUT2D eigenvalue weighted by Crippen LogP contribution is 2.21. The molecule has 2 amide bonds. The van der Waals surface area contributed by atoms with Crippen LogP contribution in [0.25, 0.3) is 0 Å². The van der Waals surface area contributed by atoms with Crippen molar-refractivity contribution in [2.45, 2.75) is 51.1 Å². The van der Waals surface area contributed by atoms with Crippen molar-refractivity contribution in [1.29, 1.82) is 0 Å². The molecular formula is C19H35N5O6S. The second-order valence-corrected chi connectivity index (χ2v) is 10.4. The first kappa shape index (κ1) is 25.5. The number of hydrogen-bond donors (Lipinski definition) is 4. The first-order valence-corrected chi connectivity index (χ1v) is 12.2. The lowest BCUT2D eigenvalue weighted by molar-refractivity contribution is -0.138. The van der Waals surface area contributed by atoms with Gasteiger partial charge in [-0.25, -0.2) is 0 Å². The number of piperidine rings is 2. The largest absolute Gasteiger partial charge is 0.481 e. The Morgan fingerprint density at radius 2 is 1.87 bits per heavy atom. The number of nitrogens with zero attached hydrogens (tertiary/aromatic N) is 2. The van der Waals surface area contributed by atoms with E-state index in [0.29, 0.717) is 31.7 Å². The monoisotopic (exact) mass is 461 g/mol. The van der Waals surface area contributed by atoms with E-state index < -0.39 is 40.6 Å². The van der Waals surface area contributed by atoms with Crippen molar-refractivity contribution >= 4 is 28.0 Å². The Bertz CT molecular complexity index is 738. The van der Waals surface area contributed by atoms with Crippen LogP contribution in [-0.2, 0) is 24.6 Å². The minimum Gasteiger partial charge on any atom is -0.481 e. The van der Waals surface area contributed by atoms with Crippen LogP contribution in [0.4, 0.5) is 0 Å². The molecule has 2 fully saturated rings. The molecule has 0 aromatic carbocycles. The van der Waals surface area contributed by atoms with Crippen LogP contribution >= 0.6 is 0 Å². The van der Waals surface area contributed by atoms with Gasteiger partial charge in [-0.1, -0.05) is 0 Å². The van der Waals surface area contributed by atoms with E-state index in [1.165, 1.54) is 14.1 Å². The predicted octanol–water partition coefficient (Wildman–Crippen LogP) is -0.682. The minimum absolute atomic E-state index is 0.0337. The lowest BCUT2D eigenvalue weighted by Gasteiger charge is -2.33. The maximum absolute atomic E-state index is 12.7. The first-order valence-electron chi connectivity index (χ1n) is 10.8. The molecular weight excluding hydrogens is 426 g/mol. The van der Waals surface area contributed by atoms with E-state index in [4.69, 9.17) is 5.11 Å². The lowest BCUT2D eigenvalue weighted by Crippen LogP contribution is -2.54. The summed E-state index contributed by atoms with van der Waals surface area (Å²) >= 11 is 0. The van der Waals surface area contributed by atoms with Crippen LogP contribution in [-0.4, -0.2) is 87.0 Å². The van der Waals surface area contributed by atoms with Crippen LogP contribution in [0.3, 0.4) is 0 Å². The topological polar surface area (TPSA) is 148 Å². The van der Waals surface area contributed by atoms with E-state index in [2.05, 4.69) is 15.4 Å². The van der Waals surface area contributed by atoms with Gasteiger partial charge >= 0.3 is 5.97 Å². The summed E-state index contributed by atoms with van der Waals surface area (Å²) in [6, 6.07) is 0. The second kappa shape index (κ2) is 11.7. The van der Waals surface area contributed by atoms with Crippen molar-refractivity contribution in [3.05, 3.63) is 0 Å². The van der Waals surface area contributed by atoms with Crippen molar-refractivity contribution in [3.8, 4) is 0 Å². The highest BCUT2D eigenvalue weighted by molar-refractivity contribution is 7.87. The fourth-order valence-corrected chi connectivity index (χ4v) is 4.66. The standard InChI is InChI=1S/C19H35N5O6S/c1-23(2)31(29,30)22-16(12-18(26)27)21-19(28)15-4-3-11-24(13-15)17(25)6-5-14-7-9-20-10-8-14/h14-16,20,22H,3-13H2,1-2H3,(H,21,28)(H,26,27)/t15-,16+/m1/s1. The molecule has 0 spiro atoms. The van der Waals surface area contributed by atoms with Crippen LogP contribution in [0, 0.1) is 11.8 Å². The molecule has 31 heavy (non-hydrogen) atoms. The molecule has 0 aliphatic carbocycles. The predicted molar refractivity (Wildman–Crippen MR) is 114 cm³/mol. The van der Waals surface area contributed by atoms with Gasteiger partial charge in [-0.3, -0.25) is 14.4 Å². The quantitative estimate of drug-likeness (QED) is 0.315. The number of carbonyl (C=O) groups excluding carboxylic acids is 2. The Labute approximate surface area is 184 Å². The van der Waals surface area contributed by atoms with Crippen LogP contribution in [0.15, 0.2) is 0 Å². The van der Waals surface area contributed by atoms with E-state index in [0.717, 1.165) is 36.7 Å². The van der Waals surface area contributed by atoms with Crippen LogP contribution in [0.1, 0.15) is 44.9 Å². The summed E-state index contributed by atoms with van der Waals surface area (Å²) < 4.78 is 27.2. The Balaban J connectivity index is 1.90. The molecule has 2 aliphatic rings. The SMILES string of the molecule is CN(C)S(=O)(=O)N[C@@H](CC(=O)O)NC(=O)[C@@H]1CCCN(C(=O)CCC2CCNCC2)C1. The molecule has 4 N–H and O–H groups in total. The molecule has 2 saturated heterocycles. The smallest absolute Gasteiger partial charge is 0.306 e. The van der Waals surface area contributed by atoms with Crippen molar-refractivity contribution < 1.29 is 27.9 Å². The number of likely N-dealkylation sites (tertiary alicyclic amines) is 1. The molecule has 0 aromatic heterocycles. The number of carboxylic acids is 1. The van der Waals surface area contributed by atoms with E-state index in [1.54, 1.807) is 4.90 Å². The number of nitrogens with one attached hydrogen (secondary N) is 3. The van der Waals surface area contributed by atoms with Gasteiger partial charge in [0.1, 0.15) is 6.17 Å². The third-order valence-electron chi connectivity index (χ3n) is 5.84. The van der Waals surface area contributed by atoms with Crippen molar-refractivity contribution in [2.75, 3.05) is 40.3 Å². The van der Waals surface area contributed by atoms with Crippen LogP contribution < -0.4 is 15.4 Å². The highest BCUT2D eigenvalue weighted by Gasteiger charge is 2.31. The molecule has 178 valence electrons. The molecule has 0 radical (unpaired) electrons. The summed E-state index contributed by atoms with van der Waals surface area (Å²) in [5.41, 5.74) is 0. The van der Waals surface area contributed by atoms with Gasteiger partial charge in [0, 0.05) is 33.6 Å². The third kappa shape index (κ3) is 8.36. The normalized spacial score (nSPS) is 21.6. The van der Waals surface area contributed by atoms with E-state index >= 15 is 0 Å². The molecule has 0 saturated carbocycles. The fraction of sp³-hybridized carbons (Fsp3) is 0.842. The molecule has 2 rings (SSSR count). The Kier molecular flexibility index (Phi) is 9.66. The highest BCUT2D eigenvalue weighted by atomic mass is 32.2. The zero-order valence-electron chi connectivity index (χ0n) is 18.3. The minimum atomic E-state index is -3.93. The van der Waals surface area contributed by atoms with Crippen molar-refractivity contribution in [1.82, 2.24) is 24.6 Å². The molecule has 2 aliphatic heterocycles. The molecule has 12 heteroatoms.